The van der Waals surface area contributed by atoms with Crippen molar-refractivity contribution in [2.45, 2.75) is 13.8 Å². The number of carbonyl (C=O) groups excluding carboxylic acids is 2. The first-order valence-corrected chi connectivity index (χ1v) is 9.75. The Morgan fingerprint density at radius 2 is 1.09 bits per heavy atom. The Hall–Kier alpha value is -3.75. The molecular formula is C23H24ClN5NiO4+4. The van der Waals surface area contributed by atoms with Gasteiger partial charge >= 0.3 is 28.3 Å². The van der Waals surface area contributed by atoms with Crippen LogP contribution in [0, 0.1) is 0 Å². The van der Waals surface area contributed by atoms with Crippen LogP contribution >= 0.6 is 0 Å². The van der Waals surface area contributed by atoms with E-state index in [1.807, 2.05) is 18.2 Å². The fourth-order valence-electron chi connectivity index (χ4n) is 2.81. The van der Waals surface area contributed by atoms with Crippen LogP contribution in [0.25, 0.3) is 0 Å². The first kappa shape index (κ1) is 28.3. The minimum absolute atomic E-state index is 0. The van der Waals surface area contributed by atoms with E-state index in [0.29, 0.717) is 22.8 Å². The standard InChI is InChI=1S/C23H21N5O4.ClH.Ni/c1-14(25-27-22(31)16-8-3-5-12-20(16)29)18-10-7-11-19(24-18)15(2)26-28-23(32)17-9-4-6-13-21(17)30;;/h3-13,29-30H,1-2H3,(H,27,31)(H,28,32);1H;/q;;+2/p+2. The number of hydrazone groups is 2. The van der Waals surface area contributed by atoms with Gasteiger partial charge in [0, 0.05) is 26.0 Å². The molecule has 0 saturated carbocycles. The van der Waals surface area contributed by atoms with Crippen molar-refractivity contribution >= 4 is 23.2 Å². The summed E-state index contributed by atoms with van der Waals surface area (Å²) in [5.41, 5.74) is 8.02. The van der Waals surface area contributed by atoms with Crippen LogP contribution < -0.4 is 38.4 Å². The Labute approximate surface area is 212 Å². The van der Waals surface area contributed by atoms with Crippen LogP contribution in [-0.4, -0.2) is 33.5 Å². The van der Waals surface area contributed by atoms with Gasteiger partial charge in [-0.15, -0.1) is 21.1 Å². The normalized spacial score (nSPS) is 11.0. The van der Waals surface area contributed by atoms with Gasteiger partial charge < -0.3 is 22.6 Å². The molecule has 0 unspecified atom stereocenters. The number of hydrazine groups is 2. The van der Waals surface area contributed by atoms with E-state index in [1.54, 1.807) is 38.1 Å². The van der Waals surface area contributed by atoms with Gasteiger partial charge in [-0.05, 0) is 30.3 Å². The van der Waals surface area contributed by atoms with E-state index in [-0.39, 0.29) is 51.5 Å². The Kier molecular flexibility index (Phi) is 10.9. The number of phenols is 2. The number of phenolic OH excluding ortho intramolecular Hbond substituents is 2. The minimum Gasteiger partial charge on any atom is -1.00 e. The first-order chi connectivity index (χ1) is 15.4. The van der Waals surface area contributed by atoms with Gasteiger partial charge in [-0.2, -0.15) is 4.98 Å². The maximum Gasteiger partial charge on any atom is 2.00 e. The number of benzene rings is 2. The number of amides is 2. The number of hydrogen-bond donors (Lipinski definition) is 6. The number of pyridine rings is 1. The van der Waals surface area contributed by atoms with Crippen molar-refractivity contribution in [3.8, 4) is 11.5 Å². The summed E-state index contributed by atoms with van der Waals surface area (Å²) in [7, 11) is 0. The predicted molar refractivity (Wildman–Crippen MR) is 116 cm³/mol. The van der Waals surface area contributed by atoms with E-state index in [9.17, 15) is 19.8 Å². The fraction of sp³-hybridized carbons (Fsp3) is 0.0870. The molecular weight excluding hydrogens is 504 g/mol. The number of aromatic nitrogens is 1. The second-order valence-corrected chi connectivity index (χ2v) is 6.92. The summed E-state index contributed by atoms with van der Waals surface area (Å²) in [6.45, 7) is 3.53. The van der Waals surface area contributed by atoms with Gasteiger partial charge in [0.15, 0.2) is 0 Å². The van der Waals surface area contributed by atoms with Crippen molar-refractivity contribution in [2.24, 2.45) is 0 Å². The predicted octanol–water partition coefficient (Wildman–Crippen LogP) is -4.62. The smallest absolute Gasteiger partial charge is 1.00 e. The molecule has 11 heteroatoms. The molecule has 0 aliphatic heterocycles. The molecule has 2 amide bonds. The second kappa shape index (κ2) is 13.1. The summed E-state index contributed by atoms with van der Waals surface area (Å²) in [4.78, 5) is 27.7. The monoisotopic (exact) mass is 527 g/mol. The molecule has 34 heavy (non-hydrogen) atoms. The Morgan fingerprint density at radius 3 is 1.47 bits per heavy atom. The van der Waals surface area contributed by atoms with Gasteiger partial charge in [0.2, 0.25) is 0 Å². The summed E-state index contributed by atoms with van der Waals surface area (Å²) >= 11 is 0. The summed E-state index contributed by atoms with van der Waals surface area (Å²) in [6, 6.07) is 17.9. The molecule has 0 aliphatic rings. The van der Waals surface area contributed by atoms with E-state index in [0.717, 1.165) is 0 Å². The molecule has 0 fully saturated rings. The van der Waals surface area contributed by atoms with Crippen LogP contribution in [0.3, 0.4) is 0 Å². The van der Waals surface area contributed by atoms with Crippen molar-refractivity contribution < 1.29 is 63.9 Å². The molecule has 3 rings (SSSR count). The van der Waals surface area contributed by atoms with Crippen molar-refractivity contribution in [1.29, 1.82) is 0 Å². The SMILES string of the molecule is CC(=[NH+]NC(=O)c1ccccc1O)c1cccc(C(C)=[NH+]NC(=O)c2ccccc2O)[nH+]1.[Cl-].[Ni+2]. The zero-order chi connectivity index (χ0) is 23.1. The van der Waals surface area contributed by atoms with E-state index in [2.05, 4.69) is 26.0 Å². The number of aromatic amines is 1. The molecule has 0 aliphatic carbocycles. The van der Waals surface area contributed by atoms with Crippen LogP contribution in [-0.2, 0) is 16.5 Å². The zero-order valence-electron chi connectivity index (χ0n) is 18.3. The summed E-state index contributed by atoms with van der Waals surface area (Å²) in [5.74, 6) is -1.18. The molecule has 1 aromatic heterocycles. The van der Waals surface area contributed by atoms with Crippen LogP contribution in [0.4, 0.5) is 0 Å². The number of aromatic hydroxyl groups is 2. The molecule has 0 radical (unpaired) electrons. The maximum atomic E-state index is 12.2. The molecule has 1 heterocycles. The molecule has 0 bridgehead atoms. The van der Waals surface area contributed by atoms with Crippen LogP contribution in [0.15, 0.2) is 66.7 Å². The van der Waals surface area contributed by atoms with Gasteiger partial charge in [-0.3, -0.25) is 9.59 Å². The molecule has 178 valence electrons. The average Bonchev–Trinajstić information content (AvgIpc) is 2.81. The summed E-state index contributed by atoms with van der Waals surface area (Å²) in [6.07, 6.45) is 0. The molecule has 3 aromatic rings. The van der Waals surface area contributed by atoms with Gasteiger partial charge in [-0.25, -0.2) is 0 Å². The van der Waals surface area contributed by atoms with Crippen LogP contribution in [0.2, 0.25) is 0 Å². The van der Waals surface area contributed by atoms with Crippen molar-refractivity contribution in [2.75, 3.05) is 0 Å². The molecule has 7 N–H and O–H groups in total. The topological polar surface area (TPSA) is 141 Å². The third-order valence-electron chi connectivity index (χ3n) is 4.63. The van der Waals surface area contributed by atoms with Crippen molar-refractivity contribution in [1.82, 2.24) is 10.9 Å². The maximum absolute atomic E-state index is 12.2. The quantitative estimate of drug-likeness (QED) is 0.109. The molecule has 0 atom stereocenters. The molecule has 0 saturated heterocycles. The van der Waals surface area contributed by atoms with Crippen molar-refractivity contribution in [3.05, 3.63) is 89.2 Å². The Balaban J connectivity index is 0.00000289. The number of halogens is 1. The van der Waals surface area contributed by atoms with Gasteiger partial charge in [0.1, 0.15) is 11.5 Å². The zero-order valence-corrected chi connectivity index (χ0v) is 20.0. The fourth-order valence-corrected chi connectivity index (χ4v) is 2.81. The second-order valence-electron chi connectivity index (χ2n) is 6.92. The van der Waals surface area contributed by atoms with E-state index in [4.69, 9.17) is 0 Å². The van der Waals surface area contributed by atoms with Gasteiger partial charge in [0.05, 0.1) is 11.1 Å². The van der Waals surface area contributed by atoms with E-state index >= 15 is 0 Å². The third kappa shape index (κ3) is 7.13. The van der Waals surface area contributed by atoms with Crippen molar-refractivity contribution in [3.63, 3.8) is 0 Å². The third-order valence-corrected chi connectivity index (χ3v) is 4.63. The van der Waals surface area contributed by atoms with Gasteiger partial charge in [0.25, 0.3) is 22.8 Å². The summed E-state index contributed by atoms with van der Waals surface area (Å²) < 4.78 is 0. The molecule has 0 spiro atoms. The first-order valence-electron chi connectivity index (χ1n) is 9.75. The van der Waals surface area contributed by atoms with Gasteiger partial charge in [-0.1, -0.05) is 24.3 Å². The number of H-pyrrole nitrogens is 1. The van der Waals surface area contributed by atoms with E-state index < -0.39 is 11.8 Å². The number of carbonyl (C=O) groups is 2. The van der Waals surface area contributed by atoms with Crippen LogP contribution in [0.1, 0.15) is 46.0 Å². The number of rotatable bonds is 6. The Morgan fingerprint density at radius 1 is 0.706 bits per heavy atom. The minimum atomic E-state index is -0.477. The molecule has 9 nitrogen and oxygen atoms in total. The summed E-state index contributed by atoms with van der Waals surface area (Å²) in [5, 5.41) is 25.2. The average molecular weight is 529 g/mol. The number of para-hydroxylation sites is 2. The molecule has 2 aromatic carbocycles. The number of hydrogen-bond acceptors (Lipinski definition) is 4. The van der Waals surface area contributed by atoms with Crippen LogP contribution in [0.5, 0.6) is 11.5 Å². The Bertz CT molecular complexity index is 1140. The van der Waals surface area contributed by atoms with E-state index in [1.165, 1.54) is 24.3 Å². The largest absolute Gasteiger partial charge is 2.00 e. The number of nitrogens with one attached hydrogen (secondary N) is 5.